The number of hydrogen-bond donors (Lipinski definition) is 2. The highest BCUT2D eigenvalue weighted by Gasteiger charge is 2.28. The van der Waals surface area contributed by atoms with Crippen LogP contribution in [0.3, 0.4) is 0 Å². The molecule has 0 aliphatic carbocycles. The molecule has 2 rings (SSSR count). The highest BCUT2D eigenvalue weighted by molar-refractivity contribution is 14.0. The van der Waals surface area contributed by atoms with Gasteiger partial charge in [0.2, 0.25) is 5.88 Å². The number of nitrogens with one attached hydrogen (secondary N) is 2. The molecule has 1 atom stereocenters. The lowest BCUT2D eigenvalue weighted by molar-refractivity contribution is -0.154. The summed E-state index contributed by atoms with van der Waals surface area (Å²) in [5, 5.41) is 6.37. The van der Waals surface area contributed by atoms with Gasteiger partial charge in [-0.25, -0.2) is 4.98 Å². The van der Waals surface area contributed by atoms with Gasteiger partial charge in [-0.05, 0) is 23.1 Å². The number of benzene rings is 1. The first-order valence-corrected chi connectivity index (χ1v) is 8.51. The second-order valence-corrected chi connectivity index (χ2v) is 6.02. The van der Waals surface area contributed by atoms with Crippen molar-refractivity contribution in [2.75, 3.05) is 20.2 Å². The zero-order valence-electron chi connectivity index (χ0n) is 15.7. The first-order chi connectivity index (χ1) is 12.9. The minimum absolute atomic E-state index is 0. The van der Waals surface area contributed by atoms with Crippen LogP contribution < -0.4 is 15.4 Å². The van der Waals surface area contributed by atoms with Crippen molar-refractivity contribution in [3.8, 4) is 5.88 Å². The van der Waals surface area contributed by atoms with Crippen LogP contribution in [0, 0.1) is 0 Å². The van der Waals surface area contributed by atoms with Crippen molar-refractivity contribution in [3.05, 3.63) is 59.8 Å². The Morgan fingerprint density at radius 1 is 1.18 bits per heavy atom. The Bertz CT molecular complexity index is 741. The second-order valence-electron chi connectivity index (χ2n) is 6.02. The third-order valence-corrected chi connectivity index (χ3v) is 3.81. The standard InChI is InChI=1S/C19H23F3N4O.HI/c1-14(16-6-4-3-5-7-16)11-25-18(23-2)26-12-15-8-9-24-17(10-15)27-13-19(20,21)22;/h3-10,14H,11-13H2,1-2H3,(H2,23,25,26);1H. The Hall–Kier alpha value is -2.04. The summed E-state index contributed by atoms with van der Waals surface area (Å²) < 4.78 is 41.3. The summed E-state index contributed by atoms with van der Waals surface area (Å²) in [4.78, 5) is 7.95. The fraction of sp³-hybridized carbons (Fsp3) is 0.368. The van der Waals surface area contributed by atoms with Gasteiger partial charge in [0.25, 0.3) is 0 Å². The van der Waals surface area contributed by atoms with Crippen molar-refractivity contribution in [2.45, 2.75) is 25.6 Å². The Labute approximate surface area is 179 Å². The van der Waals surface area contributed by atoms with E-state index >= 15 is 0 Å². The molecule has 2 aromatic rings. The largest absolute Gasteiger partial charge is 0.468 e. The molecule has 0 fully saturated rings. The van der Waals surface area contributed by atoms with Crippen molar-refractivity contribution < 1.29 is 17.9 Å². The molecule has 0 aliphatic rings. The molecule has 0 radical (unpaired) electrons. The van der Waals surface area contributed by atoms with Crippen molar-refractivity contribution in [3.63, 3.8) is 0 Å². The molecule has 9 heteroatoms. The van der Waals surface area contributed by atoms with Gasteiger partial charge in [-0.2, -0.15) is 13.2 Å². The monoisotopic (exact) mass is 508 g/mol. The topological polar surface area (TPSA) is 58.5 Å². The molecule has 0 spiro atoms. The molecular formula is C19H24F3IN4O. The van der Waals surface area contributed by atoms with E-state index in [2.05, 4.69) is 44.4 Å². The van der Waals surface area contributed by atoms with E-state index in [0.717, 1.165) is 5.56 Å². The van der Waals surface area contributed by atoms with Crippen molar-refractivity contribution >= 4 is 29.9 Å². The molecular weight excluding hydrogens is 484 g/mol. The van der Waals surface area contributed by atoms with Gasteiger partial charge in [0.05, 0.1) is 0 Å². The maximum atomic E-state index is 12.2. The summed E-state index contributed by atoms with van der Waals surface area (Å²) >= 11 is 0. The average molecular weight is 508 g/mol. The first-order valence-electron chi connectivity index (χ1n) is 8.51. The zero-order chi connectivity index (χ0) is 19.7. The summed E-state index contributed by atoms with van der Waals surface area (Å²) in [6.07, 6.45) is -2.98. The summed E-state index contributed by atoms with van der Waals surface area (Å²) in [6, 6.07) is 13.3. The van der Waals surface area contributed by atoms with Crippen molar-refractivity contribution in [2.24, 2.45) is 4.99 Å². The van der Waals surface area contributed by atoms with Crippen LogP contribution in [0.2, 0.25) is 0 Å². The van der Waals surface area contributed by atoms with Crippen molar-refractivity contribution in [1.29, 1.82) is 0 Å². The molecule has 5 nitrogen and oxygen atoms in total. The van der Waals surface area contributed by atoms with E-state index in [4.69, 9.17) is 0 Å². The number of alkyl halides is 3. The Kier molecular flexibility index (Phi) is 10.0. The second kappa shape index (κ2) is 11.7. The van der Waals surface area contributed by atoms with E-state index in [1.807, 2.05) is 18.2 Å². The van der Waals surface area contributed by atoms with Crippen LogP contribution >= 0.6 is 24.0 Å². The maximum Gasteiger partial charge on any atom is 0.422 e. The van der Waals surface area contributed by atoms with Gasteiger partial charge in [0.1, 0.15) is 0 Å². The van der Waals surface area contributed by atoms with Crippen LogP contribution in [0.15, 0.2) is 53.7 Å². The van der Waals surface area contributed by atoms with Gasteiger partial charge in [-0.15, -0.1) is 24.0 Å². The maximum absolute atomic E-state index is 12.2. The van der Waals surface area contributed by atoms with E-state index in [-0.39, 0.29) is 29.9 Å². The smallest absolute Gasteiger partial charge is 0.422 e. The van der Waals surface area contributed by atoms with Gasteiger partial charge in [-0.1, -0.05) is 37.3 Å². The quantitative estimate of drug-likeness (QED) is 0.336. The van der Waals surface area contributed by atoms with Crippen molar-refractivity contribution in [1.82, 2.24) is 15.6 Å². The Morgan fingerprint density at radius 2 is 1.89 bits per heavy atom. The molecule has 28 heavy (non-hydrogen) atoms. The molecule has 0 bridgehead atoms. The SMILES string of the molecule is CN=C(NCc1ccnc(OCC(F)(F)F)c1)NCC(C)c1ccccc1.I. The van der Waals surface area contributed by atoms with E-state index in [9.17, 15) is 13.2 Å². The van der Waals surface area contributed by atoms with Crippen LogP contribution in [0.25, 0.3) is 0 Å². The van der Waals surface area contributed by atoms with Crippen LogP contribution in [-0.4, -0.2) is 37.3 Å². The molecule has 0 saturated heterocycles. The van der Waals surface area contributed by atoms with E-state index in [1.54, 1.807) is 13.1 Å². The van der Waals surface area contributed by atoms with Crippen LogP contribution in [-0.2, 0) is 6.54 Å². The molecule has 2 N–H and O–H groups in total. The summed E-state index contributed by atoms with van der Waals surface area (Å²) in [7, 11) is 1.66. The number of aromatic nitrogens is 1. The van der Waals surface area contributed by atoms with E-state index in [0.29, 0.717) is 25.0 Å². The lowest BCUT2D eigenvalue weighted by Crippen LogP contribution is -2.38. The highest BCUT2D eigenvalue weighted by atomic mass is 127. The molecule has 1 aromatic heterocycles. The lowest BCUT2D eigenvalue weighted by Gasteiger charge is -2.16. The highest BCUT2D eigenvalue weighted by Crippen LogP contribution is 2.17. The lowest BCUT2D eigenvalue weighted by atomic mass is 10.0. The average Bonchev–Trinajstić information content (AvgIpc) is 2.67. The predicted octanol–water partition coefficient (Wildman–Crippen LogP) is 4.11. The van der Waals surface area contributed by atoms with Gasteiger partial charge in [0.15, 0.2) is 12.6 Å². The fourth-order valence-corrected chi connectivity index (χ4v) is 2.35. The van der Waals surface area contributed by atoms with Crippen LogP contribution in [0.5, 0.6) is 5.88 Å². The van der Waals surface area contributed by atoms with Gasteiger partial charge in [0, 0.05) is 32.4 Å². The minimum Gasteiger partial charge on any atom is -0.468 e. The third kappa shape index (κ3) is 8.77. The molecule has 1 aromatic carbocycles. The number of rotatable bonds is 7. The fourth-order valence-electron chi connectivity index (χ4n) is 2.35. The predicted molar refractivity (Wildman–Crippen MR) is 114 cm³/mol. The third-order valence-electron chi connectivity index (χ3n) is 3.81. The number of ether oxygens (including phenoxy) is 1. The minimum atomic E-state index is -4.39. The normalized spacial score (nSPS) is 12.7. The molecule has 1 unspecified atom stereocenters. The number of pyridine rings is 1. The molecule has 0 aliphatic heterocycles. The summed E-state index contributed by atoms with van der Waals surface area (Å²) in [5.74, 6) is 0.840. The number of guanidine groups is 1. The molecule has 0 amide bonds. The number of nitrogens with zero attached hydrogens (tertiary/aromatic N) is 2. The Balaban J connectivity index is 0.00000392. The van der Waals surface area contributed by atoms with E-state index < -0.39 is 12.8 Å². The first kappa shape index (κ1) is 24.0. The molecule has 154 valence electrons. The number of halogens is 4. The Morgan fingerprint density at radius 3 is 2.54 bits per heavy atom. The summed E-state index contributed by atoms with van der Waals surface area (Å²) in [5.41, 5.74) is 1.96. The van der Waals surface area contributed by atoms with Crippen LogP contribution in [0.1, 0.15) is 24.0 Å². The van der Waals surface area contributed by atoms with Gasteiger partial charge in [-0.3, -0.25) is 4.99 Å². The summed E-state index contributed by atoms with van der Waals surface area (Å²) in [6.45, 7) is 1.82. The molecule has 1 heterocycles. The van der Waals surface area contributed by atoms with Gasteiger partial charge >= 0.3 is 6.18 Å². The number of aliphatic imine (C=N–C) groups is 1. The molecule has 0 saturated carbocycles. The van der Waals surface area contributed by atoms with E-state index in [1.165, 1.54) is 17.8 Å². The number of hydrogen-bond acceptors (Lipinski definition) is 3. The van der Waals surface area contributed by atoms with Crippen LogP contribution in [0.4, 0.5) is 13.2 Å². The zero-order valence-corrected chi connectivity index (χ0v) is 18.0. The van der Waals surface area contributed by atoms with Gasteiger partial charge < -0.3 is 15.4 Å².